The summed E-state index contributed by atoms with van der Waals surface area (Å²) in [7, 11) is 0. The van der Waals surface area contributed by atoms with Gasteiger partial charge in [0.05, 0.1) is 4.83 Å². The van der Waals surface area contributed by atoms with E-state index >= 15 is 0 Å². The third-order valence-electron chi connectivity index (χ3n) is 4.91. The highest BCUT2D eigenvalue weighted by atomic mass is 79.9. The van der Waals surface area contributed by atoms with Crippen molar-refractivity contribution < 1.29 is 5.11 Å². The quantitative estimate of drug-likeness (QED) is 0.337. The highest BCUT2D eigenvalue weighted by Crippen LogP contribution is 2.30. The van der Waals surface area contributed by atoms with E-state index < -0.39 is 5.60 Å². The smallest absolute Gasteiger partial charge is 0.163 e. The topological polar surface area (TPSA) is 20.2 Å². The molecule has 0 saturated heterocycles. The second-order valence-electron chi connectivity index (χ2n) is 7.03. The Bertz CT molecular complexity index is 969. The van der Waals surface area contributed by atoms with E-state index in [1.54, 1.807) is 0 Å². The second-order valence-corrected chi connectivity index (χ2v) is 8.40. The van der Waals surface area contributed by atoms with Crippen LogP contribution in [0.2, 0.25) is 0 Å². The lowest BCUT2D eigenvalue weighted by atomic mass is 9.89. The minimum Gasteiger partial charge on any atom is -0.372 e. The predicted molar refractivity (Wildman–Crippen MR) is 126 cm³/mol. The lowest BCUT2D eigenvalue weighted by molar-refractivity contribution is 0.104. The largest absolute Gasteiger partial charge is 0.372 e. The molecule has 0 radical (unpaired) electrons. The predicted octanol–water partition coefficient (Wildman–Crippen LogP) is 6.55. The minimum atomic E-state index is -1.25. The van der Waals surface area contributed by atoms with Gasteiger partial charge in [0.1, 0.15) is 0 Å². The average Bonchev–Trinajstić information content (AvgIpc) is 2.77. The highest BCUT2D eigenvalue weighted by molar-refractivity contribution is 9.09. The van der Waals surface area contributed by atoms with Gasteiger partial charge in [-0.1, -0.05) is 131 Å². The van der Waals surface area contributed by atoms with Crippen LogP contribution in [0.1, 0.15) is 36.0 Å². The fraction of sp³-hybridized carbons (Fsp3) is 0.185. The maximum absolute atomic E-state index is 11.3. The van der Waals surface area contributed by atoms with E-state index in [0.717, 1.165) is 17.5 Å². The zero-order valence-corrected chi connectivity index (χ0v) is 18.1. The summed E-state index contributed by atoms with van der Waals surface area (Å²) in [5.74, 6) is 6.54. The minimum absolute atomic E-state index is 0.00218. The summed E-state index contributed by atoms with van der Waals surface area (Å²) >= 11 is 3.56. The molecule has 146 valence electrons. The van der Waals surface area contributed by atoms with E-state index in [9.17, 15) is 5.11 Å². The zero-order valence-electron chi connectivity index (χ0n) is 16.5. The molecule has 3 aromatic carbocycles. The first-order chi connectivity index (χ1) is 14.1. The summed E-state index contributed by atoms with van der Waals surface area (Å²) in [5.41, 5.74) is 1.86. The zero-order chi connectivity index (χ0) is 20.5. The lowest BCUT2D eigenvalue weighted by Crippen LogP contribution is -2.32. The second kappa shape index (κ2) is 10.3. The normalized spacial score (nSPS) is 15.1. The molecule has 0 aliphatic heterocycles. The van der Waals surface area contributed by atoms with E-state index in [4.69, 9.17) is 0 Å². The van der Waals surface area contributed by atoms with Gasteiger partial charge in [-0.3, -0.25) is 0 Å². The number of hydrogen-bond acceptors (Lipinski definition) is 1. The Hall–Kier alpha value is -2.60. The van der Waals surface area contributed by atoms with Gasteiger partial charge >= 0.3 is 0 Å². The van der Waals surface area contributed by atoms with Crippen LogP contribution in [-0.4, -0.2) is 9.93 Å². The van der Waals surface area contributed by atoms with E-state index in [0.29, 0.717) is 0 Å². The van der Waals surface area contributed by atoms with Crippen LogP contribution in [0, 0.1) is 11.8 Å². The van der Waals surface area contributed by atoms with Gasteiger partial charge in [0, 0.05) is 5.92 Å². The van der Waals surface area contributed by atoms with Crippen molar-refractivity contribution in [3.63, 3.8) is 0 Å². The summed E-state index contributed by atoms with van der Waals surface area (Å²) in [6.07, 6.45) is 5.04. The monoisotopic (exact) mass is 444 g/mol. The number of allylic oxidation sites excluding steroid dienone is 1. The number of hydrogen-bond donors (Lipinski definition) is 1. The number of halogens is 1. The molecule has 2 heteroatoms. The van der Waals surface area contributed by atoms with Crippen molar-refractivity contribution >= 4 is 22.0 Å². The Morgan fingerprint density at radius 1 is 0.897 bits per heavy atom. The molecule has 0 saturated carbocycles. The molecule has 3 aromatic rings. The molecule has 0 spiro atoms. The van der Waals surface area contributed by atoms with Crippen LogP contribution in [0.4, 0.5) is 0 Å². The van der Waals surface area contributed by atoms with Gasteiger partial charge in [-0.2, -0.15) is 0 Å². The molecular formula is C27H25BrO. The lowest BCUT2D eigenvalue weighted by Gasteiger charge is -2.26. The van der Waals surface area contributed by atoms with Crippen LogP contribution in [0.3, 0.4) is 0 Å². The van der Waals surface area contributed by atoms with Crippen LogP contribution in [0.5, 0.6) is 0 Å². The van der Waals surface area contributed by atoms with Gasteiger partial charge in [0.15, 0.2) is 5.60 Å². The molecule has 29 heavy (non-hydrogen) atoms. The number of rotatable bonds is 6. The van der Waals surface area contributed by atoms with Crippen LogP contribution < -0.4 is 0 Å². The molecule has 0 bridgehead atoms. The van der Waals surface area contributed by atoms with E-state index in [2.05, 4.69) is 64.2 Å². The van der Waals surface area contributed by atoms with Crippen molar-refractivity contribution in [3.8, 4) is 11.8 Å². The van der Waals surface area contributed by atoms with E-state index in [1.807, 2.05) is 73.7 Å². The summed E-state index contributed by atoms with van der Waals surface area (Å²) in [6, 6.07) is 30.1. The SMILES string of the molecule is C[C@H](Br)[C@@](O)(C#CC(C/C=C/c1ccccc1)c1ccccc1)c1ccccc1. The van der Waals surface area contributed by atoms with Gasteiger partial charge in [-0.05, 0) is 30.0 Å². The third kappa shape index (κ3) is 5.70. The summed E-state index contributed by atoms with van der Waals surface area (Å²) in [5, 5.41) is 11.3. The molecule has 1 unspecified atom stereocenters. The summed E-state index contributed by atoms with van der Waals surface area (Å²) in [4.78, 5) is -0.207. The van der Waals surface area contributed by atoms with Crippen molar-refractivity contribution in [1.29, 1.82) is 0 Å². The number of benzene rings is 3. The molecule has 0 aromatic heterocycles. The molecule has 1 nitrogen and oxygen atoms in total. The first-order valence-corrected chi connectivity index (χ1v) is 10.7. The third-order valence-corrected chi connectivity index (χ3v) is 5.57. The van der Waals surface area contributed by atoms with Crippen LogP contribution >= 0.6 is 15.9 Å². The maximum atomic E-state index is 11.3. The van der Waals surface area contributed by atoms with Crippen LogP contribution in [-0.2, 0) is 5.60 Å². The number of alkyl halides is 1. The van der Waals surface area contributed by atoms with Gasteiger partial charge in [0.25, 0.3) is 0 Å². The summed E-state index contributed by atoms with van der Waals surface area (Å²) in [6.45, 7) is 1.93. The fourth-order valence-electron chi connectivity index (χ4n) is 3.16. The molecule has 0 fully saturated rings. The van der Waals surface area contributed by atoms with Gasteiger partial charge < -0.3 is 5.11 Å². The Morgan fingerprint density at radius 3 is 2.03 bits per heavy atom. The Labute approximate surface area is 182 Å². The van der Waals surface area contributed by atoms with Gasteiger partial charge in [0.2, 0.25) is 0 Å². The Morgan fingerprint density at radius 2 is 1.45 bits per heavy atom. The Kier molecular flexibility index (Phi) is 7.47. The molecule has 0 heterocycles. The van der Waals surface area contributed by atoms with Crippen molar-refractivity contribution in [1.82, 2.24) is 0 Å². The fourth-order valence-corrected chi connectivity index (χ4v) is 3.54. The van der Waals surface area contributed by atoms with Crippen molar-refractivity contribution in [2.45, 2.75) is 29.7 Å². The molecule has 3 atom stereocenters. The maximum Gasteiger partial charge on any atom is 0.163 e. The molecular weight excluding hydrogens is 420 g/mol. The first kappa shape index (κ1) is 21.1. The number of aliphatic hydroxyl groups is 1. The highest BCUT2D eigenvalue weighted by Gasteiger charge is 2.32. The van der Waals surface area contributed by atoms with Crippen molar-refractivity contribution in [3.05, 3.63) is 114 Å². The molecule has 0 aliphatic carbocycles. The van der Waals surface area contributed by atoms with Gasteiger partial charge in [-0.15, -0.1) is 0 Å². The van der Waals surface area contributed by atoms with Crippen molar-refractivity contribution in [2.75, 3.05) is 0 Å². The average molecular weight is 445 g/mol. The van der Waals surface area contributed by atoms with Crippen molar-refractivity contribution in [2.24, 2.45) is 0 Å². The summed E-state index contributed by atoms with van der Waals surface area (Å²) < 4.78 is 0. The standard InChI is InChI=1S/C27H25BrO/c1-22(28)27(29,26-18-9-4-10-19-26)21-20-25(24-15-7-3-8-16-24)17-11-14-23-12-5-2-6-13-23/h2-16,18-19,22,25,29H,17H2,1H3/b14-11+/t22-,25?,27-/m0/s1. The van der Waals surface area contributed by atoms with Gasteiger partial charge in [-0.25, -0.2) is 0 Å². The molecule has 0 amide bonds. The van der Waals surface area contributed by atoms with Crippen LogP contribution in [0.25, 0.3) is 6.08 Å². The molecule has 3 rings (SSSR count). The Balaban J connectivity index is 1.90. The van der Waals surface area contributed by atoms with E-state index in [-0.39, 0.29) is 10.7 Å². The first-order valence-electron chi connectivity index (χ1n) is 9.81. The van der Waals surface area contributed by atoms with Crippen LogP contribution in [0.15, 0.2) is 97.1 Å². The van der Waals surface area contributed by atoms with E-state index in [1.165, 1.54) is 5.56 Å². The molecule has 1 N–H and O–H groups in total. The molecule has 0 aliphatic rings.